The Labute approximate surface area is 110 Å². The number of hydrogen-bond acceptors (Lipinski definition) is 4. The van der Waals surface area contributed by atoms with Gasteiger partial charge in [0.15, 0.2) is 0 Å². The second-order valence-electron chi connectivity index (χ2n) is 4.92. The standard InChI is InChI=1S/C14H24N4/c1-2-6-17-7-9-18(10-8-17)14(11-15)13-4-3-5-16-12-13/h3-5,12,14H,2,6-11,15H2,1H3. The maximum Gasteiger partial charge on any atom is 0.0486 e. The van der Waals surface area contributed by atoms with Crippen LogP contribution in [0.3, 0.4) is 0 Å². The first kappa shape index (κ1) is 13.5. The highest BCUT2D eigenvalue weighted by Crippen LogP contribution is 2.20. The van der Waals surface area contributed by atoms with Gasteiger partial charge in [0, 0.05) is 51.2 Å². The second-order valence-corrected chi connectivity index (χ2v) is 4.92. The Morgan fingerprint density at radius 2 is 2.11 bits per heavy atom. The summed E-state index contributed by atoms with van der Waals surface area (Å²) in [5.41, 5.74) is 7.19. The van der Waals surface area contributed by atoms with Gasteiger partial charge in [0.2, 0.25) is 0 Å². The van der Waals surface area contributed by atoms with Crippen LogP contribution in [0.15, 0.2) is 24.5 Å². The third kappa shape index (κ3) is 3.28. The predicted octanol–water partition coefficient (Wildman–Crippen LogP) is 1.11. The molecule has 1 aromatic heterocycles. The van der Waals surface area contributed by atoms with Crippen molar-refractivity contribution in [1.82, 2.24) is 14.8 Å². The summed E-state index contributed by atoms with van der Waals surface area (Å²) in [6.07, 6.45) is 5.00. The summed E-state index contributed by atoms with van der Waals surface area (Å²) >= 11 is 0. The molecular weight excluding hydrogens is 224 g/mol. The van der Waals surface area contributed by atoms with Crippen LogP contribution in [0.25, 0.3) is 0 Å². The summed E-state index contributed by atoms with van der Waals surface area (Å²) in [6, 6.07) is 4.44. The Kier molecular flexibility index (Phi) is 5.11. The Bertz CT molecular complexity index is 333. The lowest BCUT2D eigenvalue weighted by Crippen LogP contribution is -2.49. The molecule has 0 saturated carbocycles. The minimum Gasteiger partial charge on any atom is -0.329 e. The van der Waals surface area contributed by atoms with Crippen molar-refractivity contribution in [3.63, 3.8) is 0 Å². The normalized spacial score (nSPS) is 19.9. The van der Waals surface area contributed by atoms with Gasteiger partial charge < -0.3 is 10.6 Å². The van der Waals surface area contributed by atoms with Gasteiger partial charge in [-0.3, -0.25) is 9.88 Å². The minimum absolute atomic E-state index is 0.322. The van der Waals surface area contributed by atoms with Crippen molar-refractivity contribution in [3.05, 3.63) is 30.1 Å². The van der Waals surface area contributed by atoms with Gasteiger partial charge in [-0.2, -0.15) is 0 Å². The minimum atomic E-state index is 0.322. The van der Waals surface area contributed by atoms with Gasteiger partial charge in [0.05, 0.1) is 0 Å². The van der Waals surface area contributed by atoms with Crippen LogP contribution in [0.2, 0.25) is 0 Å². The zero-order chi connectivity index (χ0) is 12.8. The molecule has 0 aliphatic carbocycles. The fourth-order valence-electron chi connectivity index (χ4n) is 2.68. The smallest absolute Gasteiger partial charge is 0.0486 e. The molecule has 1 aliphatic heterocycles. The van der Waals surface area contributed by atoms with E-state index in [-0.39, 0.29) is 0 Å². The Morgan fingerprint density at radius 1 is 1.33 bits per heavy atom. The Balaban J connectivity index is 1.95. The predicted molar refractivity (Wildman–Crippen MR) is 74.3 cm³/mol. The summed E-state index contributed by atoms with van der Waals surface area (Å²) < 4.78 is 0. The number of nitrogens with zero attached hydrogens (tertiary/aromatic N) is 3. The van der Waals surface area contributed by atoms with E-state index in [9.17, 15) is 0 Å². The molecule has 100 valence electrons. The molecule has 1 aromatic rings. The van der Waals surface area contributed by atoms with E-state index in [1.807, 2.05) is 18.5 Å². The van der Waals surface area contributed by atoms with E-state index in [0.717, 1.165) is 26.2 Å². The fraction of sp³-hybridized carbons (Fsp3) is 0.643. The second kappa shape index (κ2) is 6.83. The molecule has 4 nitrogen and oxygen atoms in total. The van der Waals surface area contributed by atoms with E-state index in [2.05, 4.69) is 27.8 Å². The topological polar surface area (TPSA) is 45.4 Å². The quantitative estimate of drug-likeness (QED) is 0.848. The van der Waals surface area contributed by atoms with Gasteiger partial charge in [0.25, 0.3) is 0 Å². The van der Waals surface area contributed by atoms with Gasteiger partial charge in [-0.15, -0.1) is 0 Å². The fourth-order valence-corrected chi connectivity index (χ4v) is 2.68. The van der Waals surface area contributed by atoms with E-state index in [4.69, 9.17) is 5.73 Å². The molecule has 2 rings (SSSR count). The number of rotatable bonds is 5. The summed E-state index contributed by atoms with van der Waals surface area (Å²) in [6.45, 7) is 8.65. The molecule has 1 unspecified atom stereocenters. The highest BCUT2D eigenvalue weighted by atomic mass is 15.3. The molecule has 2 heterocycles. The molecule has 4 heteroatoms. The molecule has 2 N–H and O–H groups in total. The summed E-state index contributed by atoms with van der Waals surface area (Å²) in [4.78, 5) is 9.22. The first-order valence-corrected chi connectivity index (χ1v) is 6.91. The molecule has 1 atom stereocenters. The highest BCUT2D eigenvalue weighted by molar-refractivity contribution is 5.14. The molecule has 0 spiro atoms. The van der Waals surface area contributed by atoms with Crippen molar-refractivity contribution in [2.24, 2.45) is 5.73 Å². The molecule has 1 saturated heterocycles. The number of pyridine rings is 1. The Morgan fingerprint density at radius 3 is 2.67 bits per heavy atom. The monoisotopic (exact) mass is 248 g/mol. The third-order valence-electron chi connectivity index (χ3n) is 3.68. The van der Waals surface area contributed by atoms with Crippen LogP contribution < -0.4 is 5.73 Å². The molecule has 18 heavy (non-hydrogen) atoms. The van der Waals surface area contributed by atoms with Crippen molar-refractivity contribution < 1.29 is 0 Å². The largest absolute Gasteiger partial charge is 0.329 e. The van der Waals surface area contributed by atoms with Crippen molar-refractivity contribution in [2.45, 2.75) is 19.4 Å². The van der Waals surface area contributed by atoms with Crippen molar-refractivity contribution in [3.8, 4) is 0 Å². The number of hydrogen-bond donors (Lipinski definition) is 1. The first-order chi connectivity index (χ1) is 8.85. The number of nitrogens with two attached hydrogens (primary N) is 1. The van der Waals surface area contributed by atoms with Gasteiger partial charge >= 0.3 is 0 Å². The average molecular weight is 248 g/mol. The lowest BCUT2D eigenvalue weighted by Gasteiger charge is -2.39. The molecule has 0 aromatic carbocycles. The number of piperazine rings is 1. The van der Waals surface area contributed by atoms with Crippen LogP contribution in [0, 0.1) is 0 Å². The van der Waals surface area contributed by atoms with Crippen LogP contribution in [-0.4, -0.2) is 54.1 Å². The maximum atomic E-state index is 5.95. The maximum absolute atomic E-state index is 5.95. The van der Waals surface area contributed by atoms with Crippen LogP contribution in [-0.2, 0) is 0 Å². The summed E-state index contributed by atoms with van der Waals surface area (Å²) in [7, 11) is 0. The third-order valence-corrected chi connectivity index (χ3v) is 3.68. The van der Waals surface area contributed by atoms with Crippen molar-refractivity contribution >= 4 is 0 Å². The van der Waals surface area contributed by atoms with E-state index in [0.29, 0.717) is 12.6 Å². The molecular formula is C14H24N4. The van der Waals surface area contributed by atoms with E-state index in [1.54, 1.807) is 0 Å². The summed E-state index contributed by atoms with van der Waals surface area (Å²) in [5, 5.41) is 0. The zero-order valence-electron chi connectivity index (χ0n) is 11.3. The van der Waals surface area contributed by atoms with Crippen LogP contribution in [0.5, 0.6) is 0 Å². The first-order valence-electron chi connectivity index (χ1n) is 6.91. The SMILES string of the molecule is CCCN1CCN(C(CN)c2cccnc2)CC1. The van der Waals surface area contributed by atoms with Gasteiger partial charge in [-0.1, -0.05) is 13.0 Å². The van der Waals surface area contributed by atoms with Crippen LogP contribution in [0.4, 0.5) is 0 Å². The van der Waals surface area contributed by atoms with E-state index >= 15 is 0 Å². The van der Waals surface area contributed by atoms with Gasteiger partial charge in [-0.05, 0) is 24.6 Å². The molecule has 1 aliphatic rings. The lowest BCUT2D eigenvalue weighted by molar-refractivity contribution is 0.0984. The molecule has 0 amide bonds. The van der Waals surface area contributed by atoms with Gasteiger partial charge in [0.1, 0.15) is 0 Å². The van der Waals surface area contributed by atoms with E-state index < -0.39 is 0 Å². The Hall–Kier alpha value is -0.970. The highest BCUT2D eigenvalue weighted by Gasteiger charge is 2.23. The van der Waals surface area contributed by atoms with E-state index in [1.165, 1.54) is 18.5 Å². The van der Waals surface area contributed by atoms with Crippen LogP contribution >= 0.6 is 0 Å². The molecule has 0 radical (unpaired) electrons. The summed E-state index contributed by atoms with van der Waals surface area (Å²) in [5.74, 6) is 0. The number of aromatic nitrogens is 1. The zero-order valence-corrected chi connectivity index (χ0v) is 11.3. The van der Waals surface area contributed by atoms with Crippen molar-refractivity contribution in [1.29, 1.82) is 0 Å². The van der Waals surface area contributed by atoms with Gasteiger partial charge in [-0.25, -0.2) is 0 Å². The average Bonchev–Trinajstić information content (AvgIpc) is 2.43. The molecule has 0 bridgehead atoms. The van der Waals surface area contributed by atoms with Crippen molar-refractivity contribution in [2.75, 3.05) is 39.3 Å². The lowest BCUT2D eigenvalue weighted by atomic mass is 10.1. The molecule has 1 fully saturated rings. The van der Waals surface area contributed by atoms with Crippen LogP contribution in [0.1, 0.15) is 24.9 Å².